The molecule has 170 valence electrons. The molecule has 0 spiro atoms. The highest BCUT2D eigenvalue weighted by molar-refractivity contribution is 6.30. The number of anilines is 1. The number of hydrazone groups is 1. The van der Waals surface area contributed by atoms with Crippen LogP contribution in [0.5, 0.6) is 5.75 Å². The van der Waals surface area contributed by atoms with Crippen LogP contribution in [0.15, 0.2) is 76.4 Å². The number of phenolic OH excluding ortho intramolecular Hbond substituents is 1. The van der Waals surface area contributed by atoms with Crippen molar-refractivity contribution in [3.63, 3.8) is 0 Å². The van der Waals surface area contributed by atoms with Crippen molar-refractivity contribution in [3.8, 4) is 5.75 Å². The Balaban J connectivity index is 1.28. The highest BCUT2D eigenvalue weighted by Gasteiger charge is 2.35. The number of carbonyl (C=O) groups is 1. The molecule has 1 atom stereocenters. The molecule has 0 aliphatic carbocycles. The molecule has 5 rings (SSSR count). The number of nitrogens with zero attached hydrogens (tertiary/aromatic N) is 4. The minimum atomic E-state index is -0.263. The van der Waals surface area contributed by atoms with Crippen LogP contribution in [-0.2, 0) is 4.79 Å². The first-order valence-corrected chi connectivity index (χ1v) is 11.4. The van der Waals surface area contributed by atoms with Crippen LogP contribution >= 0.6 is 11.6 Å². The van der Waals surface area contributed by atoms with Crippen LogP contribution in [0.4, 0.5) is 5.69 Å². The summed E-state index contributed by atoms with van der Waals surface area (Å²) in [5.74, 6) is 0.946. The van der Waals surface area contributed by atoms with E-state index in [2.05, 4.69) is 9.80 Å². The molecule has 1 aromatic heterocycles. The second-order valence-corrected chi connectivity index (χ2v) is 8.72. The van der Waals surface area contributed by atoms with E-state index >= 15 is 0 Å². The molecule has 2 aromatic carbocycles. The van der Waals surface area contributed by atoms with E-state index in [1.54, 1.807) is 17.3 Å². The summed E-state index contributed by atoms with van der Waals surface area (Å²) in [5, 5.41) is 17.0. The smallest absolute Gasteiger partial charge is 0.257 e. The molecule has 1 amide bonds. The number of hydrogen-bond donors (Lipinski definition) is 1. The number of phenols is 1. The van der Waals surface area contributed by atoms with Gasteiger partial charge >= 0.3 is 0 Å². The standard InChI is InChI=1S/C25H25ClN4O3/c26-19-9-7-18(8-10-19)20-16-22(24-6-3-15-33-24)30(27-20)25(32)17-28-11-13-29(14-12-28)21-4-1-2-5-23(21)31/h1-10,15,22,31H,11-14,16-17H2/t22-/m1/s1. The largest absolute Gasteiger partial charge is 0.506 e. The molecule has 0 radical (unpaired) electrons. The summed E-state index contributed by atoms with van der Waals surface area (Å²) in [7, 11) is 0. The summed E-state index contributed by atoms with van der Waals surface area (Å²) in [6.45, 7) is 3.22. The van der Waals surface area contributed by atoms with Gasteiger partial charge in [-0.05, 0) is 42.0 Å². The molecular weight excluding hydrogens is 440 g/mol. The molecule has 2 aliphatic heterocycles. The number of piperazine rings is 1. The molecule has 2 aliphatic rings. The molecule has 1 saturated heterocycles. The number of benzene rings is 2. The van der Waals surface area contributed by atoms with Crippen molar-refractivity contribution in [2.75, 3.05) is 37.6 Å². The van der Waals surface area contributed by atoms with Crippen molar-refractivity contribution in [2.24, 2.45) is 5.10 Å². The van der Waals surface area contributed by atoms with E-state index in [1.807, 2.05) is 54.6 Å². The average Bonchev–Trinajstić information content (AvgIpc) is 3.51. The van der Waals surface area contributed by atoms with Crippen LogP contribution in [0, 0.1) is 0 Å². The molecule has 1 fully saturated rings. The maximum atomic E-state index is 13.3. The number of para-hydroxylation sites is 2. The third-order valence-corrected chi connectivity index (χ3v) is 6.42. The van der Waals surface area contributed by atoms with Crippen molar-refractivity contribution in [1.82, 2.24) is 9.91 Å². The summed E-state index contributed by atoms with van der Waals surface area (Å²) < 4.78 is 5.63. The lowest BCUT2D eigenvalue weighted by molar-refractivity contribution is -0.134. The Labute approximate surface area is 197 Å². The van der Waals surface area contributed by atoms with Crippen LogP contribution < -0.4 is 4.90 Å². The number of aromatic hydroxyl groups is 1. The van der Waals surface area contributed by atoms with E-state index < -0.39 is 0 Å². The molecule has 0 unspecified atom stereocenters. The number of hydrogen-bond acceptors (Lipinski definition) is 6. The minimum Gasteiger partial charge on any atom is -0.506 e. The van der Waals surface area contributed by atoms with E-state index in [0.717, 1.165) is 48.9 Å². The molecule has 0 bridgehead atoms. The van der Waals surface area contributed by atoms with Gasteiger partial charge < -0.3 is 14.4 Å². The zero-order chi connectivity index (χ0) is 22.8. The van der Waals surface area contributed by atoms with Crippen molar-refractivity contribution in [3.05, 3.63) is 83.3 Å². The zero-order valence-corrected chi connectivity index (χ0v) is 18.9. The van der Waals surface area contributed by atoms with Crippen LogP contribution in [-0.4, -0.2) is 59.4 Å². The first-order chi connectivity index (χ1) is 16.1. The van der Waals surface area contributed by atoms with Crippen molar-refractivity contribution < 1.29 is 14.3 Å². The maximum absolute atomic E-state index is 13.3. The Bertz CT molecular complexity index is 1140. The Morgan fingerprint density at radius 2 is 1.79 bits per heavy atom. The van der Waals surface area contributed by atoms with E-state index in [9.17, 15) is 9.90 Å². The number of rotatable bonds is 5. The topological polar surface area (TPSA) is 72.5 Å². The van der Waals surface area contributed by atoms with Crippen molar-refractivity contribution in [2.45, 2.75) is 12.5 Å². The lowest BCUT2D eigenvalue weighted by atomic mass is 10.0. The molecule has 3 heterocycles. The molecule has 1 N–H and O–H groups in total. The summed E-state index contributed by atoms with van der Waals surface area (Å²) in [5.41, 5.74) is 2.62. The fourth-order valence-corrected chi connectivity index (χ4v) is 4.53. The van der Waals surface area contributed by atoms with Gasteiger partial charge in [0, 0.05) is 37.6 Å². The first kappa shape index (κ1) is 21.6. The van der Waals surface area contributed by atoms with Gasteiger partial charge in [0.25, 0.3) is 5.91 Å². The first-order valence-electron chi connectivity index (χ1n) is 11.0. The monoisotopic (exact) mass is 464 g/mol. The number of amides is 1. The molecule has 33 heavy (non-hydrogen) atoms. The summed E-state index contributed by atoms with van der Waals surface area (Å²) in [6.07, 6.45) is 2.21. The second-order valence-electron chi connectivity index (χ2n) is 8.28. The normalized spacial score (nSPS) is 19.1. The van der Waals surface area contributed by atoms with Gasteiger partial charge in [-0.15, -0.1) is 0 Å². The van der Waals surface area contributed by atoms with Gasteiger partial charge in [0.15, 0.2) is 0 Å². The van der Waals surface area contributed by atoms with Gasteiger partial charge in [-0.3, -0.25) is 9.69 Å². The minimum absolute atomic E-state index is 0.0589. The second kappa shape index (κ2) is 9.29. The van der Waals surface area contributed by atoms with Crippen molar-refractivity contribution in [1.29, 1.82) is 0 Å². The SMILES string of the molecule is O=C(CN1CCN(c2ccccc2O)CC1)N1N=C(c2ccc(Cl)cc2)C[C@@H]1c1ccco1. The van der Waals surface area contributed by atoms with Gasteiger partial charge in [0.1, 0.15) is 17.6 Å². The molecular formula is C25H25ClN4O3. The molecule has 7 nitrogen and oxygen atoms in total. The maximum Gasteiger partial charge on any atom is 0.257 e. The zero-order valence-electron chi connectivity index (χ0n) is 18.1. The highest BCUT2D eigenvalue weighted by Crippen LogP contribution is 2.33. The van der Waals surface area contributed by atoms with Gasteiger partial charge in [0.2, 0.25) is 0 Å². The fourth-order valence-electron chi connectivity index (χ4n) is 4.40. The third-order valence-electron chi connectivity index (χ3n) is 6.17. The molecule has 3 aromatic rings. The number of furan rings is 1. The lowest BCUT2D eigenvalue weighted by Gasteiger charge is -2.36. The van der Waals surface area contributed by atoms with E-state index in [1.165, 1.54) is 0 Å². The third kappa shape index (κ3) is 4.60. The Morgan fingerprint density at radius 1 is 1.03 bits per heavy atom. The van der Waals surface area contributed by atoms with Crippen LogP contribution in [0.1, 0.15) is 23.8 Å². The van der Waals surface area contributed by atoms with Crippen LogP contribution in [0.2, 0.25) is 5.02 Å². The van der Waals surface area contributed by atoms with Gasteiger partial charge in [-0.1, -0.05) is 35.9 Å². The predicted molar refractivity (Wildman–Crippen MR) is 128 cm³/mol. The van der Waals surface area contributed by atoms with E-state index in [0.29, 0.717) is 11.4 Å². The quantitative estimate of drug-likeness (QED) is 0.614. The summed E-state index contributed by atoms with van der Waals surface area (Å²) in [6, 6.07) is 18.3. The Hall–Kier alpha value is -3.29. The fraction of sp³-hybridized carbons (Fsp3) is 0.280. The highest BCUT2D eigenvalue weighted by atomic mass is 35.5. The van der Waals surface area contributed by atoms with Gasteiger partial charge in [-0.25, -0.2) is 5.01 Å². The molecule has 8 heteroatoms. The van der Waals surface area contributed by atoms with Gasteiger partial charge in [0.05, 0.1) is 24.2 Å². The summed E-state index contributed by atoms with van der Waals surface area (Å²) >= 11 is 6.03. The lowest BCUT2D eigenvalue weighted by Crippen LogP contribution is -2.49. The summed E-state index contributed by atoms with van der Waals surface area (Å²) in [4.78, 5) is 17.6. The van der Waals surface area contributed by atoms with E-state index in [-0.39, 0.29) is 24.2 Å². The van der Waals surface area contributed by atoms with Crippen molar-refractivity contribution >= 4 is 28.9 Å². The average molecular weight is 465 g/mol. The van der Waals surface area contributed by atoms with Crippen LogP contribution in [0.3, 0.4) is 0 Å². The van der Waals surface area contributed by atoms with Crippen LogP contribution in [0.25, 0.3) is 0 Å². The van der Waals surface area contributed by atoms with Gasteiger partial charge in [-0.2, -0.15) is 5.10 Å². The number of carbonyl (C=O) groups excluding carboxylic acids is 1. The Morgan fingerprint density at radius 3 is 2.48 bits per heavy atom. The van der Waals surface area contributed by atoms with E-state index in [4.69, 9.17) is 21.1 Å². The number of halogens is 1. The molecule has 0 saturated carbocycles. The predicted octanol–water partition coefficient (Wildman–Crippen LogP) is 4.14. The Kier molecular flexibility index (Phi) is 6.07.